The van der Waals surface area contributed by atoms with Gasteiger partial charge in [0, 0.05) is 5.38 Å². The predicted octanol–water partition coefficient (Wildman–Crippen LogP) is 1.50. The maximum atomic E-state index is 11.7. The van der Waals surface area contributed by atoms with Gasteiger partial charge in [0.25, 0.3) is 0 Å². The van der Waals surface area contributed by atoms with E-state index >= 15 is 0 Å². The second kappa shape index (κ2) is 6.93. The van der Waals surface area contributed by atoms with Crippen molar-refractivity contribution in [3.63, 3.8) is 0 Å². The Labute approximate surface area is 112 Å². The summed E-state index contributed by atoms with van der Waals surface area (Å²) in [6.45, 7) is 3.59. The summed E-state index contributed by atoms with van der Waals surface area (Å²) in [6.07, 6.45) is 3.00. The molecular formula is C11H18ClN3OS. The van der Waals surface area contributed by atoms with Crippen LogP contribution in [0.3, 0.4) is 0 Å². The minimum absolute atomic E-state index is 0. The van der Waals surface area contributed by atoms with Crippen molar-refractivity contribution in [1.82, 2.24) is 15.6 Å². The van der Waals surface area contributed by atoms with Crippen LogP contribution in [-0.4, -0.2) is 23.5 Å². The normalized spacial score (nSPS) is 18.8. The van der Waals surface area contributed by atoms with Gasteiger partial charge < -0.3 is 10.6 Å². The number of nitrogens with zero attached hydrogens (tertiary/aromatic N) is 1. The number of aromatic nitrogens is 1. The van der Waals surface area contributed by atoms with E-state index in [1.807, 2.05) is 5.38 Å². The summed E-state index contributed by atoms with van der Waals surface area (Å²) in [6, 6.07) is 0.00396. The summed E-state index contributed by atoms with van der Waals surface area (Å²) in [4.78, 5) is 16.1. The van der Waals surface area contributed by atoms with Gasteiger partial charge in [0.05, 0.1) is 23.3 Å². The van der Waals surface area contributed by atoms with E-state index in [0.29, 0.717) is 6.54 Å². The molecule has 1 atom stereocenters. The molecule has 0 saturated carbocycles. The lowest BCUT2D eigenvalue weighted by molar-refractivity contribution is -0.122. The second-order valence-electron chi connectivity index (χ2n) is 3.95. The fourth-order valence-electron chi connectivity index (χ4n) is 1.80. The van der Waals surface area contributed by atoms with Crippen LogP contribution in [0.5, 0.6) is 0 Å². The number of hydrogen-bond donors (Lipinski definition) is 2. The third kappa shape index (κ3) is 3.94. The number of carbonyl (C=O) groups excluding carboxylic acids is 1. The van der Waals surface area contributed by atoms with E-state index in [9.17, 15) is 4.79 Å². The Morgan fingerprint density at radius 2 is 2.53 bits per heavy atom. The van der Waals surface area contributed by atoms with Gasteiger partial charge in [-0.2, -0.15) is 0 Å². The van der Waals surface area contributed by atoms with Gasteiger partial charge in [-0.1, -0.05) is 6.92 Å². The van der Waals surface area contributed by atoms with E-state index in [1.54, 1.807) is 11.3 Å². The molecule has 0 spiro atoms. The number of carbonyl (C=O) groups is 1. The first-order valence-electron chi connectivity index (χ1n) is 5.74. The van der Waals surface area contributed by atoms with Gasteiger partial charge in [-0.3, -0.25) is 4.79 Å². The zero-order valence-corrected chi connectivity index (χ0v) is 11.5. The van der Waals surface area contributed by atoms with Crippen molar-refractivity contribution < 1.29 is 4.79 Å². The minimum atomic E-state index is 0. The zero-order chi connectivity index (χ0) is 11.4. The van der Waals surface area contributed by atoms with Gasteiger partial charge in [0.2, 0.25) is 5.91 Å². The van der Waals surface area contributed by atoms with Crippen molar-refractivity contribution >= 4 is 29.7 Å². The summed E-state index contributed by atoms with van der Waals surface area (Å²) >= 11 is 1.66. The average Bonchev–Trinajstić information content (AvgIpc) is 2.96. The number of aryl methyl sites for hydroxylation is 1. The van der Waals surface area contributed by atoms with Gasteiger partial charge in [0.1, 0.15) is 0 Å². The maximum absolute atomic E-state index is 11.7. The molecule has 1 unspecified atom stereocenters. The van der Waals surface area contributed by atoms with Crippen LogP contribution in [0.15, 0.2) is 5.38 Å². The fraction of sp³-hybridized carbons (Fsp3) is 0.636. The van der Waals surface area contributed by atoms with E-state index in [-0.39, 0.29) is 24.4 Å². The molecule has 0 aliphatic carbocycles. The minimum Gasteiger partial charge on any atom is -0.349 e. The number of hydrogen-bond acceptors (Lipinski definition) is 4. The first-order chi connectivity index (χ1) is 7.79. The van der Waals surface area contributed by atoms with E-state index in [0.717, 1.165) is 36.5 Å². The summed E-state index contributed by atoms with van der Waals surface area (Å²) in [7, 11) is 0. The molecule has 2 rings (SSSR count). The zero-order valence-electron chi connectivity index (χ0n) is 9.86. The lowest BCUT2D eigenvalue weighted by atomic mass is 10.2. The highest BCUT2D eigenvalue weighted by atomic mass is 35.5. The smallest absolute Gasteiger partial charge is 0.237 e. The van der Waals surface area contributed by atoms with Crippen LogP contribution >= 0.6 is 23.7 Å². The molecule has 4 nitrogen and oxygen atoms in total. The van der Waals surface area contributed by atoms with Crippen LogP contribution in [0, 0.1) is 0 Å². The number of halogens is 1. The summed E-state index contributed by atoms with van der Waals surface area (Å²) in [5.74, 6) is 0.101. The average molecular weight is 276 g/mol. The van der Waals surface area contributed by atoms with Crippen molar-refractivity contribution in [2.75, 3.05) is 6.54 Å². The number of thiazole rings is 1. The maximum Gasteiger partial charge on any atom is 0.237 e. The Hall–Kier alpha value is -0.650. The Kier molecular flexibility index (Phi) is 5.88. The summed E-state index contributed by atoms with van der Waals surface area (Å²) < 4.78 is 0. The van der Waals surface area contributed by atoms with Gasteiger partial charge in [-0.05, 0) is 25.8 Å². The van der Waals surface area contributed by atoms with Gasteiger partial charge in [-0.15, -0.1) is 23.7 Å². The lowest BCUT2D eigenvalue weighted by Crippen LogP contribution is -2.40. The van der Waals surface area contributed by atoms with Crippen LogP contribution in [0.4, 0.5) is 0 Å². The van der Waals surface area contributed by atoms with E-state index < -0.39 is 0 Å². The highest BCUT2D eigenvalue weighted by Gasteiger charge is 2.21. The molecule has 1 amide bonds. The number of rotatable bonds is 4. The van der Waals surface area contributed by atoms with Crippen molar-refractivity contribution in [1.29, 1.82) is 0 Å². The van der Waals surface area contributed by atoms with Crippen molar-refractivity contribution in [3.8, 4) is 0 Å². The Bertz CT molecular complexity index is 363. The van der Waals surface area contributed by atoms with Crippen LogP contribution in [0.25, 0.3) is 0 Å². The number of amides is 1. The Morgan fingerprint density at radius 3 is 3.12 bits per heavy atom. The summed E-state index contributed by atoms with van der Waals surface area (Å²) in [5.41, 5.74) is 0.966. The van der Waals surface area contributed by atoms with E-state index in [1.165, 1.54) is 0 Å². The second-order valence-corrected chi connectivity index (χ2v) is 4.90. The molecule has 6 heteroatoms. The van der Waals surface area contributed by atoms with Crippen molar-refractivity contribution in [2.24, 2.45) is 0 Å². The summed E-state index contributed by atoms with van der Waals surface area (Å²) in [5, 5.41) is 9.24. The molecule has 2 heterocycles. The molecule has 0 aromatic carbocycles. The largest absolute Gasteiger partial charge is 0.349 e. The SMILES string of the molecule is CCc1nc(CNC(=O)C2CCCN2)cs1.Cl. The molecule has 1 aliphatic rings. The molecule has 0 bridgehead atoms. The fourth-order valence-corrected chi connectivity index (χ4v) is 2.55. The molecule has 96 valence electrons. The lowest BCUT2D eigenvalue weighted by Gasteiger charge is -2.09. The Morgan fingerprint density at radius 1 is 1.71 bits per heavy atom. The highest BCUT2D eigenvalue weighted by molar-refractivity contribution is 7.09. The first kappa shape index (κ1) is 14.4. The molecule has 1 fully saturated rings. The molecule has 1 aliphatic heterocycles. The topological polar surface area (TPSA) is 54.0 Å². The van der Waals surface area contributed by atoms with Crippen LogP contribution in [0.1, 0.15) is 30.5 Å². The van der Waals surface area contributed by atoms with Gasteiger partial charge in [-0.25, -0.2) is 4.98 Å². The molecule has 1 aromatic rings. The van der Waals surface area contributed by atoms with E-state index in [2.05, 4.69) is 22.5 Å². The van der Waals surface area contributed by atoms with E-state index in [4.69, 9.17) is 0 Å². The highest BCUT2D eigenvalue weighted by Crippen LogP contribution is 2.10. The van der Waals surface area contributed by atoms with Crippen LogP contribution in [-0.2, 0) is 17.8 Å². The van der Waals surface area contributed by atoms with Crippen molar-refractivity contribution in [2.45, 2.75) is 38.8 Å². The first-order valence-corrected chi connectivity index (χ1v) is 6.62. The van der Waals surface area contributed by atoms with Crippen molar-refractivity contribution in [3.05, 3.63) is 16.1 Å². The molecule has 1 saturated heterocycles. The van der Waals surface area contributed by atoms with Gasteiger partial charge in [0.15, 0.2) is 0 Å². The Balaban J connectivity index is 0.00000144. The molecule has 2 N–H and O–H groups in total. The third-order valence-electron chi connectivity index (χ3n) is 2.72. The van der Waals surface area contributed by atoms with Crippen LogP contribution < -0.4 is 10.6 Å². The predicted molar refractivity (Wildman–Crippen MR) is 71.6 cm³/mol. The number of nitrogens with one attached hydrogen (secondary N) is 2. The molecule has 17 heavy (non-hydrogen) atoms. The quantitative estimate of drug-likeness (QED) is 0.876. The van der Waals surface area contributed by atoms with Crippen LogP contribution in [0.2, 0.25) is 0 Å². The molecule has 1 aromatic heterocycles. The molecule has 0 radical (unpaired) electrons. The monoisotopic (exact) mass is 275 g/mol. The standard InChI is InChI=1S/C11H17N3OS.ClH/c1-2-10-14-8(7-16-10)6-13-11(15)9-4-3-5-12-9;/h7,9,12H,2-6H2,1H3,(H,13,15);1H. The third-order valence-corrected chi connectivity index (χ3v) is 3.76. The van der Waals surface area contributed by atoms with Gasteiger partial charge >= 0.3 is 0 Å². The molecular weight excluding hydrogens is 258 g/mol.